The summed E-state index contributed by atoms with van der Waals surface area (Å²) in [7, 11) is 1.45. The maximum absolute atomic E-state index is 12.7. The van der Waals surface area contributed by atoms with Crippen LogP contribution in [0.1, 0.15) is 57.1 Å². The van der Waals surface area contributed by atoms with Crippen LogP contribution in [0.5, 0.6) is 23.0 Å². The Bertz CT molecular complexity index is 1150. The molecule has 0 saturated heterocycles. The fraction of sp³-hybridized carbons (Fsp3) is 0.296. The summed E-state index contributed by atoms with van der Waals surface area (Å²) in [5, 5.41) is 20.5. The number of methoxy groups -OCH3 is 1. The second-order valence-corrected chi connectivity index (χ2v) is 8.36. The third-order valence-electron chi connectivity index (χ3n) is 6.15. The SMILES string of the molecule is COc1cc(C(=O)CCc2cc3c(c(C)c2O)OC(c2ccc(C)cc2)CC3)ccc1O. The molecule has 0 aromatic heterocycles. The summed E-state index contributed by atoms with van der Waals surface area (Å²) in [6.45, 7) is 3.93. The van der Waals surface area contributed by atoms with Gasteiger partial charge < -0.3 is 19.7 Å². The van der Waals surface area contributed by atoms with Gasteiger partial charge in [0, 0.05) is 17.5 Å². The summed E-state index contributed by atoms with van der Waals surface area (Å²) in [6.07, 6.45) is 2.35. The van der Waals surface area contributed by atoms with Crippen LogP contribution >= 0.6 is 0 Å². The molecule has 1 aliphatic heterocycles. The first-order valence-electron chi connectivity index (χ1n) is 10.8. The van der Waals surface area contributed by atoms with E-state index < -0.39 is 0 Å². The van der Waals surface area contributed by atoms with Gasteiger partial charge in [-0.1, -0.05) is 29.8 Å². The van der Waals surface area contributed by atoms with Crippen LogP contribution in [0.3, 0.4) is 0 Å². The van der Waals surface area contributed by atoms with Gasteiger partial charge >= 0.3 is 0 Å². The van der Waals surface area contributed by atoms with Crippen LogP contribution in [0.15, 0.2) is 48.5 Å². The van der Waals surface area contributed by atoms with Crippen molar-refractivity contribution in [3.8, 4) is 23.0 Å². The summed E-state index contributed by atoms with van der Waals surface area (Å²) in [6, 6.07) is 14.9. The van der Waals surface area contributed by atoms with Gasteiger partial charge in [-0.2, -0.15) is 0 Å². The number of aryl methyl sites for hydroxylation is 3. The number of hydrogen-bond donors (Lipinski definition) is 2. The molecule has 4 rings (SSSR count). The lowest BCUT2D eigenvalue weighted by atomic mass is 9.91. The van der Waals surface area contributed by atoms with Gasteiger partial charge in [0.05, 0.1) is 7.11 Å². The van der Waals surface area contributed by atoms with Gasteiger partial charge in [-0.05, 0) is 74.1 Å². The molecule has 2 N–H and O–H groups in total. The minimum absolute atomic E-state index is 0.00375. The number of Topliss-reactive ketones (excluding diaryl/α,β-unsaturated/α-hetero) is 1. The number of ether oxygens (including phenoxy) is 2. The molecule has 5 nitrogen and oxygen atoms in total. The van der Waals surface area contributed by atoms with Gasteiger partial charge in [0.2, 0.25) is 0 Å². The summed E-state index contributed by atoms with van der Waals surface area (Å²) in [4.78, 5) is 12.7. The van der Waals surface area contributed by atoms with Crippen LogP contribution in [0.2, 0.25) is 0 Å². The highest BCUT2D eigenvalue weighted by Crippen LogP contribution is 2.42. The standard InChI is InChI=1S/C27H28O5/c1-16-4-6-18(7-5-16)24-13-10-21-14-20(26(30)17(2)27(21)32-24)9-11-22(28)19-8-12-23(29)25(15-19)31-3/h4-8,12,14-15,24,29-30H,9-11,13H2,1-3H3. The molecule has 1 unspecified atom stereocenters. The Kier molecular flexibility index (Phi) is 6.08. The van der Waals surface area contributed by atoms with Crippen LogP contribution in [0.25, 0.3) is 0 Å². The average molecular weight is 433 g/mol. The van der Waals surface area contributed by atoms with Gasteiger partial charge in [-0.15, -0.1) is 0 Å². The van der Waals surface area contributed by atoms with Crippen LogP contribution in [0, 0.1) is 13.8 Å². The topological polar surface area (TPSA) is 76.0 Å². The molecule has 0 fully saturated rings. The van der Waals surface area contributed by atoms with Crippen LogP contribution in [-0.2, 0) is 12.8 Å². The predicted molar refractivity (Wildman–Crippen MR) is 123 cm³/mol. The van der Waals surface area contributed by atoms with Gasteiger partial charge in [0.1, 0.15) is 17.6 Å². The van der Waals surface area contributed by atoms with E-state index in [4.69, 9.17) is 9.47 Å². The van der Waals surface area contributed by atoms with Crippen molar-refractivity contribution in [1.29, 1.82) is 0 Å². The van der Waals surface area contributed by atoms with E-state index >= 15 is 0 Å². The monoisotopic (exact) mass is 432 g/mol. The molecule has 0 aliphatic carbocycles. The van der Waals surface area contributed by atoms with Gasteiger partial charge in [-0.3, -0.25) is 4.79 Å². The summed E-state index contributed by atoms with van der Waals surface area (Å²) in [5.41, 5.74) is 5.35. The second kappa shape index (κ2) is 8.95. The lowest BCUT2D eigenvalue weighted by Gasteiger charge is -2.29. The second-order valence-electron chi connectivity index (χ2n) is 8.36. The van der Waals surface area contributed by atoms with Crippen molar-refractivity contribution in [1.82, 2.24) is 0 Å². The van der Waals surface area contributed by atoms with Crippen LogP contribution in [0.4, 0.5) is 0 Å². The van der Waals surface area contributed by atoms with E-state index in [-0.39, 0.29) is 35.6 Å². The fourth-order valence-electron chi connectivity index (χ4n) is 4.22. The number of phenols is 2. The summed E-state index contributed by atoms with van der Waals surface area (Å²) < 4.78 is 11.4. The molecule has 0 bridgehead atoms. The Labute approximate surface area is 188 Å². The zero-order valence-corrected chi connectivity index (χ0v) is 18.6. The molecular weight excluding hydrogens is 404 g/mol. The molecule has 0 amide bonds. The number of fused-ring (bicyclic) bond motifs is 1. The van der Waals surface area contributed by atoms with E-state index in [1.807, 2.05) is 13.0 Å². The molecule has 32 heavy (non-hydrogen) atoms. The first-order valence-corrected chi connectivity index (χ1v) is 10.8. The quantitative estimate of drug-likeness (QED) is 0.496. The first kappa shape index (κ1) is 21.8. The molecule has 5 heteroatoms. The molecule has 3 aromatic carbocycles. The van der Waals surface area contributed by atoms with Crippen molar-refractivity contribution in [2.24, 2.45) is 0 Å². The third kappa shape index (κ3) is 4.28. The number of aromatic hydroxyl groups is 2. The number of hydrogen-bond acceptors (Lipinski definition) is 5. The highest BCUT2D eigenvalue weighted by molar-refractivity contribution is 5.96. The number of carbonyl (C=O) groups excluding carboxylic acids is 1. The van der Waals surface area contributed by atoms with Gasteiger partial charge in [0.15, 0.2) is 17.3 Å². The van der Waals surface area contributed by atoms with Crippen molar-refractivity contribution in [2.45, 2.75) is 45.6 Å². The first-order chi connectivity index (χ1) is 15.4. The zero-order chi connectivity index (χ0) is 22.8. The largest absolute Gasteiger partial charge is 0.507 e. The van der Waals surface area contributed by atoms with Gasteiger partial charge in [-0.25, -0.2) is 0 Å². The van der Waals surface area contributed by atoms with Gasteiger partial charge in [0.25, 0.3) is 0 Å². The number of carbonyl (C=O) groups is 1. The predicted octanol–water partition coefficient (Wildman–Crippen LogP) is 5.61. The number of benzene rings is 3. The minimum Gasteiger partial charge on any atom is -0.507 e. The van der Waals surface area contributed by atoms with E-state index in [1.165, 1.54) is 24.8 Å². The van der Waals surface area contributed by atoms with E-state index in [0.717, 1.165) is 35.3 Å². The highest BCUT2D eigenvalue weighted by atomic mass is 16.5. The number of phenolic OH excluding ortho intramolecular Hbond substituents is 2. The van der Waals surface area contributed by atoms with Crippen LogP contribution < -0.4 is 9.47 Å². The summed E-state index contributed by atoms with van der Waals surface area (Å²) in [5.74, 6) is 1.12. The molecule has 166 valence electrons. The maximum atomic E-state index is 12.7. The molecule has 0 spiro atoms. The Morgan fingerprint density at radius 3 is 2.56 bits per heavy atom. The summed E-state index contributed by atoms with van der Waals surface area (Å²) >= 11 is 0. The Balaban J connectivity index is 1.50. The smallest absolute Gasteiger partial charge is 0.163 e. The highest BCUT2D eigenvalue weighted by Gasteiger charge is 2.26. The van der Waals surface area contributed by atoms with Crippen molar-refractivity contribution < 1.29 is 24.5 Å². The molecule has 1 aliphatic rings. The lowest BCUT2D eigenvalue weighted by Crippen LogP contribution is -2.16. The molecule has 1 atom stereocenters. The maximum Gasteiger partial charge on any atom is 0.163 e. The Hall–Kier alpha value is -3.47. The molecular formula is C27H28O5. The lowest BCUT2D eigenvalue weighted by molar-refractivity contribution is 0.0982. The van der Waals surface area contributed by atoms with E-state index in [9.17, 15) is 15.0 Å². The van der Waals surface area contributed by atoms with Crippen molar-refractivity contribution in [2.75, 3.05) is 7.11 Å². The number of ketones is 1. The Morgan fingerprint density at radius 2 is 1.84 bits per heavy atom. The average Bonchev–Trinajstić information content (AvgIpc) is 2.81. The van der Waals surface area contributed by atoms with E-state index in [2.05, 4.69) is 31.2 Å². The number of rotatable bonds is 6. The van der Waals surface area contributed by atoms with E-state index in [0.29, 0.717) is 17.5 Å². The van der Waals surface area contributed by atoms with Crippen molar-refractivity contribution in [3.63, 3.8) is 0 Å². The Morgan fingerprint density at radius 1 is 1.09 bits per heavy atom. The van der Waals surface area contributed by atoms with Crippen molar-refractivity contribution >= 4 is 5.78 Å². The zero-order valence-electron chi connectivity index (χ0n) is 18.6. The molecule has 3 aromatic rings. The normalized spacial score (nSPS) is 15.0. The third-order valence-corrected chi connectivity index (χ3v) is 6.15. The molecule has 1 heterocycles. The fourth-order valence-corrected chi connectivity index (χ4v) is 4.22. The van der Waals surface area contributed by atoms with E-state index in [1.54, 1.807) is 6.07 Å². The molecule has 0 radical (unpaired) electrons. The van der Waals surface area contributed by atoms with Crippen molar-refractivity contribution in [3.05, 3.63) is 81.9 Å². The molecule has 0 saturated carbocycles. The van der Waals surface area contributed by atoms with Crippen LogP contribution in [-0.4, -0.2) is 23.1 Å². The minimum atomic E-state index is -0.0752.